The van der Waals surface area contributed by atoms with Crippen molar-refractivity contribution in [3.05, 3.63) is 48.0 Å². The predicted molar refractivity (Wildman–Crippen MR) is 144 cm³/mol. The van der Waals surface area contributed by atoms with E-state index in [1.54, 1.807) is 13.8 Å². The monoisotopic (exact) mass is 574 g/mol. The van der Waals surface area contributed by atoms with Crippen molar-refractivity contribution in [3.63, 3.8) is 0 Å². The fraction of sp³-hybridized carbons (Fsp3) is 0.710. The lowest BCUT2D eigenvalue weighted by Crippen LogP contribution is -2.77. The molecule has 0 amide bonds. The molecule has 5 fully saturated rings. The highest BCUT2D eigenvalue weighted by Gasteiger charge is 2.86. The van der Waals surface area contributed by atoms with Gasteiger partial charge in [0.2, 0.25) is 0 Å². The van der Waals surface area contributed by atoms with Crippen LogP contribution >= 0.6 is 0 Å². The number of ether oxygens (including phenoxy) is 5. The van der Waals surface area contributed by atoms with Gasteiger partial charge in [-0.3, -0.25) is 4.79 Å². The first-order valence-electron chi connectivity index (χ1n) is 14.4. The topological polar surface area (TPSA) is 144 Å². The zero-order valence-corrected chi connectivity index (χ0v) is 24.4. The molecule has 226 valence electrons. The predicted octanol–water partition coefficient (Wildman–Crippen LogP) is 1.82. The van der Waals surface area contributed by atoms with Gasteiger partial charge in [0.15, 0.2) is 6.10 Å². The molecule has 1 unspecified atom stereocenters. The molecule has 14 atom stereocenters. The van der Waals surface area contributed by atoms with E-state index < -0.39 is 88.5 Å². The zero-order chi connectivity index (χ0) is 29.9. The van der Waals surface area contributed by atoms with Gasteiger partial charge in [0.25, 0.3) is 5.97 Å². The molecular weight excluding hydrogens is 532 g/mol. The van der Waals surface area contributed by atoms with E-state index in [4.69, 9.17) is 23.7 Å². The van der Waals surface area contributed by atoms with E-state index in [-0.39, 0.29) is 13.0 Å². The molecule has 0 aromatic heterocycles. The summed E-state index contributed by atoms with van der Waals surface area (Å²) in [6.45, 7) is 14.1. The van der Waals surface area contributed by atoms with Crippen molar-refractivity contribution in [1.29, 1.82) is 0 Å². The van der Waals surface area contributed by atoms with Crippen LogP contribution in [-0.4, -0.2) is 85.3 Å². The third-order valence-corrected chi connectivity index (χ3v) is 10.8. The molecule has 10 heteroatoms. The Morgan fingerprint density at radius 2 is 1.73 bits per heavy atom. The van der Waals surface area contributed by atoms with Crippen LogP contribution in [0.1, 0.15) is 53.5 Å². The van der Waals surface area contributed by atoms with Gasteiger partial charge in [-0.15, -0.1) is 0 Å². The average Bonchev–Trinajstić information content (AvgIpc) is 3.26. The maximum atomic E-state index is 12.6. The lowest BCUT2D eigenvalue weighted by molar-refractivity contribution is -0.429. The minimum Gasteiger partial charge on any atom is -0.456 e. The number of carbonyl (C=O) groups excluding carboxylic acids is 1. The van der Waals surface area contributed by atoms with Crippen molar-refractivity contribution in [1.82, 2.24) is 0 Å². The summed E-state index contributed by atoms with van der Waals surface area (Å²) in [5.74, 6) is -5.30. The van der Waals surface area contributed by atoms with Crippen molar-refractivity contribution in [2.24, 2.45) is 23.7 Å². The van der Waals surface area contributed by atoms with Crippen molar-refractivity contribution < 1.29 is 48.9 Å². The second kappa shape index (κ2) is 9.06. The molecule has 41 heavy (non-hydrogen) atoms. The summed E-state index contributed by atoms with van der Waals surface area (Å²) in [4.78, 5) is 12.3. The first-order chi connectivity index (χ1) is 19.1. The summed E-state index contributed by atoms with van der Waals surface area (Å²) in [5.41, 5.74) is -5.58. The Bertz CT molecular complexity index is 1240. The van der Waals surface area contributed by atoms with Crippen LogP contribution in [0.2, 0.25) is 0 Å². The van der Waals surface area contributed by atoms with Crippen LogP contribution in [0.3, 0.4) is 0 Å². The van der Waals surface area contributed by atoms with Crippen LogP contribution in [0.15, 0.2) is 42.5 Å². The van der Waals surface area contributed by atoms with E-state index in [2.05, 4.69) is 6.58 Å². The van der Waals surface area contributed by atoms with Crippen LogP contribution in [0, 0.1) is 23.7 Å². The molecule has 0 radical (unpaired) electrons. The standard InChI is InChI=1S/C31H42O10/c1-15(2)30-24(37-14-19-11-9-8-10-12-19)17(4)31-20-13-16(3)22(33)29(20,36)26(38-18(5)32)27(6,35)23(34)21(31)25(30)39-28(7,40-30)41-31/h8-12,16-17,20-26,33-36H,1,13-14H2,2-7H3/t16-,17+,20+,21-,22-,23-,24-,25+,26+,27+,28?,29+,30-,31-/m0/s1. The van der Waals surface area contributed by atoms with Gasteiger partial charge in [0.1, 0.15) is 22.9 Å². The minimum atomic E-state index is -2.21. The Morgan fingerprint density at radius 3 is 2.34 bits per heavy atom. The van der Waals surface area contributed by atoms with Gasteiger partial charge in [-0.25, -0.2) is 0 Å². The van der Waals surface area contributed by atoms with Crippen LogP contribution in [-0.2, 0) is 35.1 Å². The molecule has 0 spiro atoms. The summed E-state index contributed by atoms with van der Waals surface area (Å²) in [5, 5.41) is 48.3. The molecule has 3 bridgehead atoms. The average molecular weight is 575 g/mol. The van der Waals surface area contributed by atoms with Gasteiger partial charge < -0.3 is 44.1 Å². The van der Waals surface area contributed by atoms with Gasteiger partial charge >= 0.3 is 5.97 Å². The molecule has 3 saturated carbocycles. The van der Waals surface area contributed by atoms with Gasteiger partial charge in [-0.2, -0.15) is 0 Å². The quantitative estimate of drug-likeness (QED) is 0.304. The summed E-state index contributed by atoms with van der Waals surface area (Å²) >= 11 is 0. The summed E-state index contributed by atoms with van der Waals surface area (Å²) in [7, 11) is 0. The summed E-state index contributed by atoms with van der Waals surface area (Å²) in [6.07, 6.45) is -6.07. The molecule has 2 heterocycles. The van der Waals surface area contributed by atoms with Crippen LogP contribution in [0.25, 0.3) is 0 Å². The molecule has 2 saturated heterocycles. The van der Waals surface area contributed by atoms with Crippen molar-refractivity contribution >= 4 is 5.97 Å². The summed E-state index contributed by atoms with van der Waals surface area (Å²) in [6, 6.07) is 9.67. The number of benzene rings is 1. The first-order valence-corrected chi connectivity index (χ1v) is 14.4. The number of aliphatic hydroxyl groups is 4. The summed E-state index contributed by atoms with van der Waals surface area (Å²) < 4.78 is 32.2. The first kappa shape index (κ1) is 29.2. The van der Waals surface area contributed by atoms with E-state index in [0.29, 0.717) is 5.57 Å². The Morgan fingerprint density at radius 1 is 1.07 bits per heavy atom. The number of rotatable bonds is 5. The number of hydrogen-bond donors (Lipinski definition) is 4. The normalized spacial score (nSPS) is 53.4. The van der Waals surface area contributed by atoms with Gasteiger partial charge in [-0.05, 0) is 37.3 Å². The SMILES string of the molecule is C=C(C)[C@@]12OC3(C)O[C@@H]1[C@@H]1[C@H](O)[C@@](C)(O)[C@@H](OC(C)=O)[C@@]4(O)[C@@H](C[C@H](C)[C@@H]4O)[C@@]1(O3)[C@H](C)[C@@H]2OCc1ccccc1. The second-order valence-corrected chi connectivity index (χ2v) is 13.3. The number of esters is 1. The van der Waals surface area contributed by atoms with E-state index in [0.717, 1.165) is 12.5 Å². The Kier molecular flexibility index (Phi) is 6.45. The Hall–Kier alpha value is -1.89. The molecule has 3 aliphatic carbocycles. The highest BCUT2D eigenvalue weighted by molar-refractivity contribution is 5.66. The molecule has 4 N–H and O–H groups in total. The number of carbonyl (C=O) groups is 1. The zero-order valence-electron chi connectivity index (χ0n) is 24.4. The Labute approximate surface area is 240 Å². The minimum absolute atomic E-state index is 0.239. The van der Waals surface area contributed by atoms with Crippen molar-refractivity contribution in [3.8, 4) is 0 Å². The van der Waals surface area contributed by atoms with E-state index in [1.165, 1.54) is 6.92 Å². The van der Waals surface area contributed by atoms with E-state index in [9.17, 15) is 25.2 Å². The number of hydrogen-bond acceptors (Lipinski definition) is 10. The molecule has 2 aliphatic heterocycles. The van der Waals surface area contributed by atoms with Gasteiger partial charge in [-0.1, -0.05) is 50.8 Å². The molecule has 6 rings (SSSR count). The molecule has 5 aliphatic rings. The third kappa shape index (κ3) is 3.56. The molecule has 1 aromatic carbocycles. The molecular formula is C31H42O10. The van der Waals surface area contributed by atoms with Crippen LogP contribution < -0.4 is 0 Å². The van der Waals surface area contributed by atoms with Crippen molar-refractivity contribution in [2.75, 3.05) is 0 Å². The maximum absolute atomic E-state index is 12.6. The highest BCUT2D eigenvalue weighted by atomic mass is 16.9. The van der Waals surface area contributed by atoms with E-state index in [1.807, 2.05) is 44.2 Å². The lowest BCUT2D eigenvalue weighted by atomic mass is 9.52. The van der Waals surface area contributed by atoms with Crippen LogP contribution in [0.4, 0.5) is 0 Å². The molecule has 10 nitrogen and oxygen atoms in total. The Balaban J connectivity index is 1.59. The second-order valence-electron chi connectivity index (χ2n) is 13.3. The number of fused-ring (bicyclic) bond motifs is 2. The molecule has 1 aromatic rings. The maximum Gasteiger partial charge on any atom is 0.303 e. The highest BCUT2D eigenvalue weighted by Crippen LogP contribution is 2.71. The smallest absolute Gasteiger partial charge is 0.303 e. The van der Waals surface area contributed by atoms with Crippen LogP contribution in [0.5, 0.6) is 0 Å². The largest absolute Gasteiger partial charge is 0.456 e. The van der Waals surface area contributed by atoms with E-state index >= 15 is 0 Å². The fourth-order valence-electron chi connectivity index (χ4n) is 9.18. The fourth-order valence-corrected chi connectivity index (χ4v) is 9.18. The number of aliphatic hydroxyl groups excluding tert-OH is 2. The van der Waals surface area contributed by atoms with Gasteiger partial charge in [0, 0.05) is 31.6 Å². The lowest BCUT2D eigenvalue weighted by Gasteiger charge is -2.62. The van der Waals surface area contributed by atoms with Gasteiger partial charge in [0.05, 0.1) is 30.5 Å². The van der Waals surface area contributed by atoms with Crippen molar-refractivity contribution in [2.45, 2.75) is 113 Å². The third-order valence-electron chi connectivity index (χ3n) is 10.8.